The van der Waals surface area contributed by atoms with Crippen LogP contribution in [0.1, 0.15) is 12.5 Å². The van der Waals surface area contributed by atoms with Crippen molar-refractivity contribution >= 4 is 17.0 Å². The van der Waals surface area contributed by atoms with Crippen molar-refractivity contribution < 1.29 is 0 Å². The number of hydrogen-bond acceptors (Lipinski definition) is 3. The molecule has 0 bridgehead atoms. The van der Waals surface area contributed by atoms with Crippen molar-refractivity contribution in [3.05, 3.63) is 35.5 Å². The Balaban J connectivity index is 2.46. The van der Waals surface area contributed by atoms with E-state index < -0.39 is 0 Å². The second-order valence-corrected chi connectivity index (χ2v) is 4.03. The van der Waals surface area contributed by atoms with Crippen LogP contribution in [0.5, 0.6) is 0 Å². The van der Waals surface area contributed by atoms with Crippen LogP contribution in [0.25, 0.3) is 10.4 Å². The maximum atomic E-state index is 5.97. The predicted molar refractivity (Wildman–Crippen MR) is 61.3 cm³/mol. The molecule has 0 amide bonds. The van der Waals surface area contributed by atoms with Crippen LogP contribution in [0, 0.1) is 0 Å². The highest BCUT2D eigenvalue weighted by Crippen LogP contribution is 2.29. The molecule has 2 nitrogen and oxygen atoms in total. The van der Waals surface area contributed by atoms with Crippen LogP contribution in [0.2, 0.25) is 0 Å². The van der Waals surface area contributed by atoms with Gasteiger partial charge >= 0.3 is 0 Å². The van der Waals surface area contributed by atoms with Crippen molar-refractivity contribution in [3.63, 3.8) is 0 Å². The summed E-state index contributed by atoms with van der Waals surface area (Å²) in [6, 6.07) is 6.22. The van der Waals surface area contributed by atoms with E-state index in [4.69, 9.17) is 5.73 Å². The van der Waals surface area contributed by atoms with Crippen molar-refractivity contribution in [2.24, 2.45) is 0 Å². The minimum absolute atomic E-state index is 0.841. The molecule has 2 rings (SSSR count). The molecule has 0 aliphatic rings. The van der Waals surface area contributed by atoms with E-state index in [1.54, 1.807) is 11.3 Å². The smallest absolute Gasteiger partial charge is 0.0797 e. The summed E-state index contributed by atoms with van der Waals surface area (Å²) in [5.74, 6) is 0. The molecule has 0 atom stereocenters. The lowest BCUT2D eigenvalue weighted by Crippen LogP contribution is -1.91. The summed E-state index contributed by atoms with van der Waals surface area (Å²) in [5.41, 5.74) is 11.0. The third kappa shape index (κ3) is 1.63. The van der Waals surface area contributed by atoms with Gasteiger partial charge in [0.2, 0.25) is 0 Å². The first-order chi connectivity index (χ1) is 6.81. The van der Waals surface area contributed by atoms with Crippen LogP contribution in [0.15, 0.2) is 29.9 Å². The molecule has 2 aromatic rings. The van der Waals surface area contributed by atoms with Crippen molar-refractivity contribution in [1.29, 1.82) is 0 Å². The highest BCUT2D eigenvalue weighted by atomic mass is 32.1. The van der Waals surface area contributed by atoms with E-state index in [0.717, 1.165) is 22.5 Å². The van der Waals surface area contributed by atoms with Crippen LogP contribution in [-0.4, -0.2) is 4.98 Å². The Kier molecular flexibility index (Phi) is 2.50. The van der Waals surface area contributed by atoms with Crippen LogP contribution < -0.4 is 5.73 Å². The lowest BCUT2D eigenvalue weighted by molar-refractivity contribution is 1.14. The van der Waals surface area contributed by atoms with E-state index in [-0.39, 0.29) is 0 Å². The van der Waals surface area contributed by atoms with E-state index in [9.17, 15) is 0 Å². The predicted octanol–water partition coefficient (Wildman–Crippen LogP) is 2.95. The van der Waals surface area contributed by atoms with Crippen LogP contribution in [0.3, 0.4) is 0 Å². The Labute approximate surface area is 87.4 Å². The quantitative estimate of drug-likeness (QED) is 0.764. The number of hydrogen-bond donors (Lipinski definition) is 1. The molecule has 0 saturated heterocycles. The van der Waals surface area contributed by atoms with Crippen LogP contribution in [-0.2, 0) is 6.42 Å². The van der Waals surface area contributed by atoms with Crippen molar-refractivity contribution in [3.8, 4) is 10.4 Å². The number of nitrogen functional groups attached to an aromatic ring is 1. The number of thiazole rings is 1. The molecule has 0 spiro atoms. The average molecular weight is 204 g/mol. The van der Waals surface area contributed by atoms with Gasteiger partial charge in [-0.15, -0.1) is 11.3 Å². The molecule has 0 aliphatic carbocycles. The summed E-state index contributed by atoms with van der Waals surface area (Å²) >= 11 is 1.61. The minimum atomic E-state index is 0.841. The molecule has 14 heavy (non-hydrogen) atoms. The van der Waals surface area contributed by atoms with Gasteiger partial charge in [-0.2, -0.15) is 0 Å². The van der Waals surface area contributed by atoms with E-state index in [0.29, 0.717) is 0 Å². The largest absolute Gasteiger partial charge is 0.398 e. The van der Waals surface area contributed by atoms with Gasteiger partial charge in [0.15, 0.2) is 0 Å². The standard InChI is InChI=1S/C11H12N2S/c1-2-8-3-4-9(10(12)5-8)11-6-13-7-14-11/h3-7H,2,12H2,1H3. The fraction of sp³-hybridized carbons (Fsp3) is 0.182. The molecule has 1 heterocycles. The third-order valence-electron chi connectivity index (χ3n) is 2.22. The van der Waals surface area contributed by atoms with Gasteiger partial charge in [-0.1, -0.05) is 19.1 Å². The number of rotatable bonds is 2. The zero-order valence-electron chi connectivity index (χ0n) is 8.03. The molecule has 2 N–H and O–H groups in total. The number of anilines is 1. The Morgan fingerprint density at radius 3 is 2.86 bits per heavy atom. The van der Waals surface area contributed by atoms with Crippen molar-refractivity contribution in [1.82, 2.24) is 4.98 Å². The van der Waals surface area contributed by atoms with E-state index in [1.807, 2.05) is 17.8 Å². The Bertz CT molecular complexity index is 421. The minimum Gasteiger partial charge on any atom is -0.398 e. The summed E-state index contributed by atoms with van der Waals surface area (Å²) in [7, 11) is 0. The van der Waals surface area contributed by atoms with Gasteiger partial charge in [-0.25, -0.2) is 0 Å². The van der Waals surface area contributed by atoms with E-state index in [1.165, 1.54) is 5.56 Å². The molecule has 0 radical (unpaired) electrons. The second-order valence-electron chi connectivity index (χ2n) is 3.14. The zero-order chi connectivity index (χ0) is 9.97. The lowest BCUT2D eigenvalue weighted by atomic mass is 10.1. The van der Waals surface area contributed by atoms with Crippen LogP contribution >= 0.6 is 11.3 Å². The average Bonchev–Trinajstić information content (AvgIpc) is 2.70. The summed E-state index contributed by atoms with van der Waals surface area (Å²) in [5, 5.41) is 0. The van der Waals surface area contributed by atoms with Gasteiger partial charge in [0.1, 0.15) is 0 Å². The summed E-state index contributed by atoms with van der Waals surface area (Å²) in [4.78, 5) is 5.17. The summed E-state index contributed by atoms with van der Waals surface area (Å²) in [6.07, 6.45) is 2.87. The first-order valence-electron chi connectivity index (χ1n) is 4.58. The number of aromatic nitrogens is 1. The van der Waals surface area contributed by atoms with Gasteiger partial charge in [-0.05, 0) is 18.1 Å². The van der Waals surface area contributed by atoms with Gasteiger partial charge < -0.3 is 5.73 Å². The third-order valence-corrected chi connectivity index (χ3v) is 3.03. The molecule has 0 saturated carbocycles. The Morgan fingerprint density at radius 1 is 1.43 bits per heavy atom. The SMILES string of the molecule is CCc1ccc(-c2cncs2)c(N)c1. The van der Waals surface area contributed by atoms with Gasteiger partial charge in [0.05, 0.1) is 10.4 Å². The summed E-state index contributed by atoms with van der Waals surface area (Å²) < 4.78 is 0. The van der Waals surface area contributed by atoms with Crippen molar-refractivity contribution in [2.45, 2.75) is 13.3 Å². The number of nitrogens with zero attached hydrogens (tertiary/aromatic N) is 1. The molecular formula is C11H12N2S. The topological polar surface area (TPSA) is 38.9 Å². The van der Waals surface area contributed by atoms with Crippen molar-refractivity contribution in [2.75, 3.05) is 5.73 Å². The fourth-order valence-electron chi connectivity index (χ4n) is 1.41. The number of aryl methyl sites for hydroxylation is 1. The zero-order valence-corrected chi connectivity index (χ0v) is 8.84. The van der Waals surface area contributed by atoms with Gasteiger partial charge in [0, 0.05) is 17.4 Å². The number of nitrogens with two attached hydrogens (primary N) is 1. The highest BCUT2D eigenvalue weighted by Gasteiger charge is 2.04. The molecule has 0 aliphatic heterocycles. The molecule has 0 unspecified atom stereocenters. The Hall–Kier alpha value is -1.35. The molecule has 72 valence electrons. The first kappa shape index (κ1) is 9.21. The molecular weight excluding hydrogens is 192 g/mol. The summed E-state index contributed by atoms with van der Waals surface area (Å²) in [6.45, 7) is 2.13. The Morgan fingerprint density at radius 2 is 2.29 bits per heavy atom. The lowest BCUT2D eigenvalue weighted by Gasteiger charge is -2.04. The van der Waals surface area contributed by atoms with Gasteiger partial charge in [-0.3, -0.25) is 4.98 Å². The second kappa shape index (κ2) is 3.80. The molecule has 3 heteroatoms. The van der Waals surface area contributed by atoms with E-state index >= 15 is 0 Å². The maximum absolute atomic E-state index is 5.97. The normalized spacial score (nSPS) is 10.4. The number of benzene rings is 1. The monoisotopic (exact) mass is 204 g/mol. The van der Waals surface area contributed by atoms with Crippen LogP contribution in [0.4, 0.5) is 5.69 Å². The molecule has 1 aromatic carbocycles. The highest BCUT2D eigenvalue weighted by molar-refractivity contribution is 7.13. The van der Waals surface area contributed by atoms with E-state index in [2.05, 4.69) is 24.0 Å². The maximum Gasteiger partial charge on any atom is 0.0797 e. The molecule has 0 fully saturated rings. The van der Waals surface area contributed by atoms with Gasteiger partial charge in [0.25, 0.3) is 0 Å². The fourth-order valence-corrected chi connectivity index (χ4v) is 2.08. The molecule has 1 aromatic heterocycles. The first-order valence-corrected chi connectivity index (χ1v) is 5.46.